The quantitative estimate of drug-likeness (QED) is 0.723. The number of hydrogen-bond acceptors (Lipinski definition) is 7. The van der Waals surface area contributed by atoms with Crippen molar-refractivity contribution in [2.75, 3.05) is 6.61 Å². The Balaban J connectivity index is 2.72. The van der Waals surface area contributed by atoms with E-state index in [1.54, 1.807) is 27.7 Å². The van der Waals surface area contributed by atoms with Crippen LogP contribution in [0.4, 0.5) is 4.79 Å². The zero-order valence-corrected chi connectivity index (χ0v) is 15.7. The smallest absolute Gasteiger partial charge is 0.407 e. The fraction of sp³-hybridized carbons (Fsp3) is 0.706. The van der Waals surface area contributed by atoms with Gasteiger partial charge in [-0.3, -0.25) is 0 Å². The molecule has 2 atom stereocenters. The summed E-state index contributed by atoms with van der Waals surface area (Å²) in [5.41, 5.74) is -0.612. The lowest BCUT2D eigenvalue weighted by Crippen LogP contribution is -2.42. The zero-order valence-electron chi connectivity index (χ0n) is 15.7. The van der Waals surface area contributed by atoms with Crippen molar-refractivity contribution in [3.8, 4) is 0 Å². The molecule has 0 radical (unpaired) electrons. The van der Waals surface area contributed by atoms with Crippen LogP contribution in [-0.4, -0.2) is 40.4 Å². The van der Waals surface area contributed by atoms with Gasteiger partial charge in [0.25, 0.3) is 0 Å². The number of alkyl carbamates (subject to hydrolysis) is 1. The monoisotopic (exact) mass is 356 g/mol. The standard InChI is InChI=1S/C17H28N2O6/c1-7-23-15(21)12-9-24-14(18-12)13(20)8-11(10(2)3)19-16(22)25-17(4,5)6/h9-11,13,20H,7-8H2,1-6H3,(H,19,22)/t11-,13-/m1/s1. The molecule has 0 aliphatic heterocycles. The minimum absolute atomic E-state index is 0.000285. The van der Waals surface area contributed by atoms with Crippen molar-refractivity contribution in [3.05, 3.63) is 17.8 Å². The molecule has 0 aliphatic carbocycles. The molecule has 0 saturated carbocycles. The highest BCUT2D eigenvalue weighted by Gasteiger charge is 2.27. The van der Waals surface area contributed by atoms with Crippen molar-refractivity contribution in [3.63, 3.8) is 0 Å². The molecule has 142 valence electrons. The van der Waals surface area contributed by atoms with E-state index in [1.165, 1.54) is 0 Å². The van der Waals surface area contributed by atoms with Crippen molar-refractivity contribution < 1.29 is 28.6 Å². The number of amides is 1. The maximum absolute atomic E-state index is 11.9. The second kappa shape index (κ2) is 8.84. The summed E-state index contributed by atoms with van der Waals surface area (Å²) in [7, 11) is 0. The topological polar surface area (TPSA) is 111 Å². The van der Waals surface area contributed by atoms with Crippen molar-refractivity contribution in [1.82, 2.24) is 10.3 Å². The molecule has 1 aromatic rings. The minimum Gasteiger partial charge on any atom is -0.461 e. The number of rotatable bonds is 7. The molecule has 8 nitrogen and oxygen atoms in total. The predicted octanol–water partition coefficient (Wildman–Crippen LogP) is 2.82. The van der Waals surface area contributed by atoms with E-state index in [9.17, 15) is 14.7 Å². The molecule has 0 fully saturated rings. The van der Waals surface area contributed by atoms with Crippen LogP contribution in [0.1, 0.15) is 70.4 Å². The van der Waals surface area contributed by atoms with Gasteiger partial charge in [0.05, 0.1) is 6.61 Å². The Labute approximate surface area is 147 Å². The van der Waals surface area contributed by atoms with Crippen LogP contribution in [-0.2, 0) is 9.47 Å². The van der Waals surface area contributed by atoms with Crippen LogP contribution >= 0.6 is 0 Å². The van der Waals surface area contributed by atoms with Gasteiger partial charge in [-0.25, -0.2) is 14.6 Å². The summed E-state index contributed by atoms with van der Waals surface area (Å²) < 4.78 is 15.2. The first kappa shape index (κ1) is 21.0. The van der Waals surface area contributed by atoms with Gasteiger partial charge in [-0.15, -0.1) is 0 Å². The van der Waals surface area contributed by atoms with Crippen LogP contribution in [0.2, 0.25) is 0 Å². The highest BCUT2D eigenvalue weighted by molar-refractivity contribution is 5.86. The van der Waals surface area contributed by atoms with E-state index >= 15 is 0 Å². The Morgan fingerprint density at radius 2 is 2.00 bits per heavy atom. The molecule has 0 aliphatic rings. The number of nitrogens with zero attached hydrogens (tertiary/aromatic N) is 1. The van der Waals surface area contributed by atoms with E-state index in [2.05, 4.69) is 10.3 Å². The number of carbonyl (C=O) groups is 2. The molecule has 1 aromatic heterocycles. The van der Waals surface area contributed by atoms with Crippen LogP contribution in [0.3, 0.4) is 0 Å². The molecular weight excluding hydrogens is 328 g/mol. The van der Waals surface area contributed by atoms with Crippen molar-refractivity contribution in [2.45, 2.75) is 65.7 Å². The number of nitrogens with one attached hydrogen (secondary N) is 1. The summed E-state index contributed by atoms with van der Waals surface area (Å²) in [6.07, 6.45) is -0.328. The Morgan fingerprint density at radius 1 is 1.36 bits per heavy atom. The summed E-state index contributed by atoms with van der Waals surface area (Å²) in [5.74, 6) is -0.571. The zero-order chi connectivity index (χ0) is 19.2. The third kappa shape index (κ3) is 7.13. The number of hydrogen-bond donors (Lipinski definition) is 2. The van der Waals surface area contributed by atoms with Gasteiger partial charge in [-0.1, -0.05) is 13.8 Å². The van der Waals surface area contributed by atoms with Crippen molar-refractivity contribution in [2.24, 2.45) is 5.92 Å². The second-order valence-corrected chi connectivity index (χ2v) is 7.04. The van der Waals surface area contributed by atoms with Gasteiger partial charge in [0, 0.05) is 12.5 Å². The lowest BCUT2D eigenvalue weighted by atomic mass is 9.98. The minimum atomic E-state index is -1.08. The molecule has 0 saturated heterocycles. The van der Waals surface area contributed by atoms with Gasteiger partial charge in [-0.2, -0.15) is 0 Å². The average molecular weight is 356 g/mol. The van der Waals surface area contributed by atoms with E-state index in [0.717, 1.165) is 6.26 Å². The number of oxazole rings is 1. The molecule has 1 rings (SSSR count). The normalized spacial score (nSPS) is 14.1. The van der Waals surface area contributed by atoms with Crippen LogP contribution in [0.25, 0.3) is 0 Å². The summed E-state index contributed by atoms with van der Waals surface area (Å²) in [6, 6.07) is -0.359. The van der Waals surface area contributed by atoms with Crippen LogP contribution < -0.4 is 5.32 Å². The molecule has 0 bridgehead atoms. The fourth-order valence-corrected chi connectivity index (χ4v) is 2.04. The predicted molar refractivity (Wildman–Crippen MR) is 90.0 cm³/mol. The van der Waals surface area contributed by atoms with E-state index in [0.29, 0.717) is 0 Å². The maximum atomic E-state index is 11.9. The van der Waals surface area contributed by atoms with E-state index in [1.807, 2.05) is 13.8 Å². The number of carbonyl (C=O) groups excluding carboxylic acids is 2. The van der Waals surface area contributed by atoms with Crippen molar-refractivity contribution >= 4 is 12.1 Å². The Bertz CT molecular complexity index is 576. The van der Waals surface area contributed by atoms with E-state index < -0.39 is 23.8 Å². The van der Waals surface area contributed by atoms with Crippen LogP contribution in [0.15, 0.2) is 10.7 Å². The summed E-state index contributed by atoms with van der Waals surface area (Å²) in [5, 5.41) is 13.1. The number of esters is 1. The molecule has 0 spiro atoms. The number of aliphatic hydroxyl groups excluding tert-OH is 1. The van der Waals surface area contributed by atoms with Gasteiger partial charge >= 0.3 is 12.1 Å². The number of ether oxygens (including phenoxy) is 2. The van der Waals surface area contributed by atoms with Gasteiger partial charge in [0.15, 0.2) is 5.69 Å². The Morgan fingerprint density at radius 3 is 2.52 bits per heavy atom. The molecule has 2 N–H and O–H groups in total. The van der Waals surface area contributed by atoms with Gasteiger partial charge < -0.3 is 24.3 Å². The lowest BCUT2D eigenvalue weighted by molar-refractivity contribution is 0.0449. The first-order valence-corrected chi connectivity index (χ1v) is 8.33. The SMILES string of the molecule is CCOC(=O)c1coc([C@H](O)C[C@@H](NC(=O)OC(C)(C)C)C(C)C)n1. The Kier molecular flexibility index (Phi) is 7.41. The van der Waals surface area contributed by atoms with Gasteiger partial charge in [0.2, 0.25) is 5.89 Å². The highest BCUT2D eigenvalue weighted by atomic mass is 16.6. The average Bonchev–Trinajstić information content (AvgIpc) is 2.94. The fourth-order valence-electron chi connectivity index (χ4n) is 2.04. The van der Waals surface area contributed by atoms with Gasteiger partial charge in [-0.05, 0) is 33.6 Å². The molecule has 0 unspecified atom stereocenters. The first-order chi connectivity index (χ1) is 11.5. The van der Waals surface area contributed by atoms with E-state index in [-0.39, 0.29) is 36.6 Å². The molecule has 8 heteroatoms. The summed E-state index contributed by atoms with van der Waals surface area (Å²) in [6.45, 7) is 11.0. The maximum Gasteiger partial charge on any atom is 0.407 e. The second-order valence-electron chi connectivity index (χ2n) is 7.04. The Hall–Kier alpha value is -2.09. The summed E-state index contributed by atoms with van der Waals surface area (Å²) in [4.78, 5) is 27.5. The highest BCUT2D eigenvalue weighted by Crippen LogP contribution is 2.22. The van der Waals surface area contributed by atoms with Crippen LogP contribution in [0, 0.1) is 5.92 Å². The summed E-state index contributed by atoms with van der Waals surface area (Å²) >= 11 is 0. The number of aromatic nitrogens is 1. The molecule has 1 amide bonds. The van der Waals surface area contributed by atoms with Gasteiger partial charge in [0.1, 0.15) is 18.0 Å². The third-order valence-corrected chi connectivity index (χ3v) is 3.28. The largest absolute Gasteiger partial charge is 0.461 e. The molecule has 1 heterocycles. The third-order valence-electron chi connectivity index (χ3n) is 3.28. The first-order valence-electron chi connectivity index (χ1n) is 8.33. The van der Waals surface area contributed by atoms with Crippen molar-refractivity contribution in [1.29, 1.82) is 0 Å². The number of aliphatic hydroxyl groups is 1. The van der Waals surface area contributed by atoms with Crippen LogP contribution in [0.5, 0.6) is 0 Å². The molecular formula is C17H28N2O6. The lowest BCUT2D eigenvalue weighted by Gasteiger charge is -2.26. The molecule has 25 heavy (non-hydrogen) atoms. The molecule has 0 aromatic carbocycles. The van der Waals surface area contributed by atoms with E-state index in [4.69, 9.17) is 13.9 Å².